The molecule has 34 valence electrons. The van der Waals surface area contributed by atoms with Crippen molar-refractivity contribution in [2.45, 2.75) is 0 Å². The Morgan fingerprint density at radius 3 is 3.00 bits per heavy atom. The summed E-state index contributed by atoms with van der Waals surface area (Å²) in [6.45, 7) is 1.66. The lowest BCUT2D eigenvalue weighted by molar-refractivity contribution is -0.472. The minimum absolute atomic E-state index is 0.747. The van der Waals surface area contributed by atoms with E-state index in [-0.39, 0.29) is 0 Å². The summed E-state index contributed by atoms with van der Waals surface area (Å²) < 4.78 is 0. The van der Waals surface area contributed by atoms with E-state index in [1.807, 2.05) is 0 Å². The molecule has 0 saturated carbocycles. The summed E-state index contributed by atoms with van der Waals surface area (Å²) in [5.41, 5.74) is 2.55. The van der Waals surface area contributed by atoms with E-state index in [1.54, 1.807) is 6.34 Å². The van der Waals surface area contributed by atoms with E-state index in [9.17, 15) is 0 Å². The van der Waals surface area contributed by atoms with Gasteiger partial charge >= 0.3 is 0 Å². The lowest BCUT2D eigenvalue weighted by Gasteiger charge is -1.95. The molecule has 0 aromatic rings. The summed E-state index contributed by atoms with van der Waals surface area (Å²) in [6.07, 6.45) is 1.67. The van der Waals surface area contributed by atoms with Gasteiger partial charge in [0.1, 0.15) is 13.2 Å². The molecule has 1 heterocycles. The summed E-state index contributed by atoms with van der Waals surface area (Å²) >= 11 is 0. The SMILES string of the molecule is C1=[NH+]CCON1. The largest absolute Gasteiger partial charge is 0.276 e. The molecule has 6 heavy (non-hydrogen) atoms. The van der Waals surface area contributed by atoms with Crippen molar-refractivity contribution in [3.05, 3.63) is 0 Å². The van der Waals surface area contributed by atoms with Crippen molar-refractivity contribution in [2.24, 2.45) is 0 Å². The summed E-state index contributed by atoms with van der Waals surface area (Å²) in [5.74, 6) is 0. The van der Waals surface area contributed by atoms with Gasteiger partial charge in [0.15, 0.2) is 0 Å². The van der Waals surface area contributed by atoms with Gasteiger partial charge in [-0.05, 0) is 0 Å². The first kappa shape index (κ1) is 3.61. The van der Waals surface area contributed by atoms with E-state index in [1.165, 1.54) is 0 Å². The molecule has 0 unspecified atom stereocenters. The molecule has 0 atom stereocenters. The molecule has 0 aromatic heterocycles. The van der Waals surface area contributed by atoms with Crippen LogP contribution in [0.25, 0.3) is 0 Å². The monoisotopic (exact) mass is 87.1 g/mol. The summed E-state index contributed by atoms with van der Waals surface area (Å²) in [6, 6.07) is 0. The van der Waals surface area contributed by atoms with Gasteiger partial charge in [0.2, 0.25) is 0 Å². The van der Waals surface area contributed by atoms with Crippen LogP contribution in [-0.2, 0) is 4.84 Å². The molecular weight excluding hydrogens is 80.0 g/mol. The van der Waals surface area contributed by atoms with Gasteiger partial charge < -0.3 is 0 Å². The first-order chi connectivity index (χ1) is 3.00. The van der Waals surface area contributed by atoms with E-state index in [0.717, 1.165) is 13.2 Å². The summed E-state index contributed by atoms with van der Waals surface area (Å²) in [7, 11) is 0. The zero-order valence-corrected chi connectivity index (χ0v) is 3.40. The highest BCUT2D eigenvalue weighted by molar-refractivity contribution is 5.44. The van der Waals surface area contributed by atoms with Gasteiger partial charge in [-0.15, -0.1) is 5.48 Å². The lowest BCUT2D eigenvalue weighted by Crippen LogP contribution is -2.75. The van der Waals surface area contributed by atoms with Crippen LogP contribution in [0.5, 0.6) is 0 Å². The second kappa shape index (κ2) is 1.77. The Morgan fingerprint density at radius 2 is 2.83 bits per heavy atom. The van der Waals surface area contributed by atoms with Gasteiger partial charge in [-0.3, -0.25) is 4.99 Å². The molecule has 1 aliphatic heterocycles. The Morgan fingerprint density at radius 1 is 1.83 bits per heavy atom. The molecule has 2 N–H and O–H groups in total. The summed E-state index contributed by atoms with van der Waals surface area (Å²) in [5, 5.41) is 0. The first-order valence-corrected chi connectivity index (χ1v) is 1.92. The Kier molecular flexibility index (Phi) is 1.06. The predicted molar refractivity (Wildman–Crippen MR) is 21.0 cm³/mol. The number of rotatable bonds is 0. The molecule has 3 nitrogen and oxygen atoms in total. The molecule has 0 aromatic carbocycles. The van der Waals surface area contributed by atoms with Gasteiger partial charge in [0, 0.05) is 0 Å². The highest BCUT2D eigenvalue weighted by Crippen LogP contribution is 1.56. The van der Waals surface area contributed by atoms with Crippen molar-refractivity contribution in [3.63, 3.8) is 0 Å². The molecule has 3 heteroatoms. The van der Waals surface area contributed by atoms with E-state index < -0.39 is 0 Å². The van der Waals surface area contributed by atoms with Crippen LogP contribution in [0.2, 0.25) is 0 Å². The zero-order chi connectivity index (χ0) is 4.24. The van der Waals surface area contributed by atoms with Crippen LogP contribution in [0.15, 0.2) is 0 Å². The maximum atomic E-state index is 4.70. The standard InChI is InChI=1S/C3H6N2O/c1-2-6-5-3-4-1/h3H,1-2H2,(H,4,5)/p+1. The molecule has 0 bridgehead atoms. The fourth-order valence-electron chi connectivity index (χ4n) is 0.324. The van der Waals surface area contributed by atoms with Gasteiger partial charge in [0.25, 0.3) is 6.34 Å². The number of hydroxylamine groups is 1. The molecule has 0 fully saturated rings. The number of nitrogens with one attached hydrogen (secondary N) is 2. The molecule has 0 saturated heterocycles. The molecule has 0 amide bonds. The van der Waals surface area contributed by atoms with E-state index in [0.29, 0.717) is 0 Å². The number of hydrogen-bond acceptors (Lipinski definition) is 2. The van der Waals surface area contributed by atoms with E-state index >= 15 is 0 Å². The Labute approximate surface area is 36.0 Å². The van der Waals surface area contributed by atoms with Crippen molar-refractivity contribution in [1.29, 1.82) is 0 Å². The molecular formula is C3H7N2O+. The second-order valence-electron chi connectivity index (χ2n) is 1.06. The normalized spacial score (nSPS) is 20.0. The Bertz CT molecular complexity index is 53.8. The van der Waals surface area contributed by atoms with Gasteiger partial charge in [-0.1, -0.05) is 0 Å². The number of hydrogen-bond donors (Lipinski definition) is 2. The maximum absolute atomic E-state index is 4.70. The topological polar surface area (TPSA) is 35.2 Å². The third-order valence-electron chi connectivity index (χ3n) is 0.593. The van der Waals surface area contributed by atoms with Crippen LogP contribution in [-0.4, -0.2) is 19.5 Å². The minimum Gasteiger partial charge on any atom is -0.276 e. The van der Waals surface area contributed by atoms with E-state index in [2.05, 4.69) is 10.5 Å². The molecule has 0 aliphatic carbocycles. The zero-order valence-electron chi connectivity index (χ0n) is 3.40. The van der Waals surface area contributed by atoms with Crippen LogP contribution < -0.4 is 10.5 Å². The average molecular weight is 87.1 g/mol. The predicted octanol–water partition coefficient (Wildman–Crippen LogP) is -2.37. The molecule has 0 radical (unpaired) electrons. The van der Waals surface area contributed by atoms with Crippen LogP contribution in [0.1, 0.15) is 0 Å². The quantitative estimate of drug-likeness (QED) is 0.346. The maximum Gasteiger partial charge on any atom is 0.260 e. The average Bonchev–Trinajstić information content (AvgIpc) is 1.72. The second-order valence-corrected chi connectivity index (χ2v) is 1.06. The van der Waals surface area contributed by atoms with Crippen molar-refractivity contribution in [3.8, 4) is 0 Å². The highest BCUT2D eigenvalue weighted by atomic mass is 16.6. The van der Waals surface area contributed by atoms with E-state index in [4.69, 9.17) is 4.84 Å². The van der Waals surface area contributed by atoms with Crippen molar-refractivity contribution < 1.29 is 9.83 Å². The van der Waals surface area contributed by atoms with Crippen LogP contribution in [0.3, 0.4) is 0 Å². The van der Waals surface area contributed by atoms with Crippen LogP contribution >= 0.6 is 0 Å². The van der Waals surface area contributed by atoms with Crippen LogP contribution in [0, 0.1) is 0 Å². The molecule has 1 rings (SSSR count). The third-order valence-corrected chi connectivity index (χ3v) is 0.593. The van der Waals surface area contributed by atoms with Gasteiger partial charge in [-0.25, -0.2) is 0 Å². The van der Waals surface area contributed by atoms with Crippen molar-refractivity contribution in [1.82, 2.24) is 5.48 Å². The highest BCUT2D eigenvalue weighted by Gasteiger charge is 1.91. The molecule has 1 aliphatic rings. The van der Waals surface area contributed by atoms with Crippen molar-refractivity contribution >= 4 is 6.34 Å². The smallest absolute Gasteiger partial charge is 0.260 e. The Balaban J connectivity index is 2.26. The summed E-state index contributed by atoms with van der Waals surface area (Å²) in [4.78, 5) is 7.62. The fourth-order valence-corrected chi connectivity index (χ4v) is 0.324. The Hall–Kier alpha value is -0.570. The third kappa shape index (κ3) is 0.687. The van der Waals surface area contributed by atoms with Crippen molar-refractivity contribution in [2.75, 3.05) is 13.2 Å². The minimum atomic E-state index is 0.747. The van der Waals surface area contributed by atoms with Gasteiger partial charge in [-0.2, -0.15) is 4.84 Å². The molecule has 0 spiro atoms. The first-order valence-electron chi connectivity index (χ1n) is 1.92. The fraction of sp³-hybridized carbons (Fsp3) is 0.667. The van der Waals surface area contributed by atoms with Crippen LogP contribution in [0.4, 0.5) is 0 Å². The van der Waals surface area contributed by atoms with Gasteiger partial charge in [0.05, 0.1) is 0 Å². The lowest BCUT2D eigenvalue weighted by atomic mass is 10.7.